The lowest BCUT2D eigenvalue weighted by atomic mass is 9.62. The lowest BCUT2D eigenvalue weighted by Crippen LogP contribution is -2.42. The molecule has 3 unspecified atom stereocenters. The Morgan fingerprint density at radius 3 is 2.78 bits per heavy atom. The highest BCUT2D eigenvalue weighted by atomic mass is 35.5. The summed E-state index contributed by atoms with van der Waals surface area (Å²) in [4.78, 5) is 15.5. The van der Waals surface area contributed by atoms with Crippen LogP contribution >= 0.6 is 22.9 Å². The van der Waals surface area contributed by atoms with Crippen LogP contribution in [0.1, 0.15) is 62.7 Å². The molecule has 2 N–H and O–H groups in total. The van der Waals surface area contributed by atoms with Crippen molar-refractivity contribution in [2.75, 3.05) is 39.5 Å². The van der Waals surface area contributed by atoms with E-state index in [-0.39, 0.29) is 29.1 Å². The van der Waals surface area contributed by atoms with Crippen molar-refractivity contribution in [3.63, 3.8) is 0 Å². The third-order valence-corrected chi connectivity index (χ3v) is 10.4. The van der Waals surface area contributed by atoms with E-state index < -0.39 is 12.2 Å². The molecule has 1 saturated heterocycles. The summed E-state index contributed by atoms with van der Waals surface area (Å²) in [6.45, 7) is 4.43. The molecule has 1 aromatic rings. The van der Waals surface area contributed by atoms with Crippen LogP contribution in [0.2, 0.25) is 4.34 Å². The number of carbonyl (C=O) groups excluding carboxylic acids is 1. The maximum absolute atomic E-state index is 12.0. The molecule has 41 heavy (non-hydrogen) atoms. The van der Waals surface area contributed by atoms with E-state index >= 15 is 0 Å². The van der Waals surface area contributed by atoms with Crippen molar-refractivity contribution in [3.8, 4) is 6.07 Å². The molecule has 3 fully saturated rings. The summed E-state index contributed by atoms with van der Waals surface area (Å²) in [5, 5.41) is 31.6. The fourth-order valence-corrected chi connectivity index (χ4v) is 7.72. The van der Waals surface area contributed by atoms with Crippen molar-refractivity contribution in [3.05, 3.63) is 45.7 Å². The monoisotopic (exact) mass is 604 g/mol. The van der Waals surface area contributed by atoms with Crippen LogP contribution in [-0.2, 0) is 20.7 Å². The highest BCUT2D eigenvalue weighted by Gasteiger charge is 2.44. The first-order valence-electron chi connectivity index (χ1n) is 15.2. The SMILES string of the molecule is N#CC1C[C@@H](O)C(/C=C/CC(O)C2(Cc3ccc(Cl)s3)CCC2)[C@H]1C/C=C\CCCC(=O)OCCN1CCOCC1. The van der Waals surface area contributed by atoms with Crippen LogP contribution in [0.5, 0.6) is 0 Å². The van der Waals surface area contributed by atoms with Gasteiger partial charge in [0, 0.05) is 42.3 Å². The molecule has 2 aliphatic carbocycles. The third-order valence-electron chi connectivity index (χ3n) is 9.15. The second-order valence-corrected chi connectivity index (χ2v) is 13.6. The summed E-state index contributed by atoms with van der Waals surface area (Å²) in [6.07, 6.45) is 14.8. The van der Waals surface area contributed by atoms with Crippen molar-refractivity contribution in [1.82, 2.24) is 4.90 Å². The molecular formula is C32H45ClN2O5S. The number of carbonyl (C=O) groups is 1. The summed E-state index contributed by atoms with van der Waals surface area (Å²) in [7, 11) is 0. The molecule has 5 atom stereocenters. The molecule has 0 bridgehead atoms. The first-order valence-corrected chi connectivity index (χ1v) is 16.4. The zero-order chi connectivity index (χ0) is 29.1. The van der Waals surface area contributed by atoms with Gasteiger partial charge in [-0.15, -0.1) is 11.3 Å². The van der Waals surface area contributed by atoms with Gasteiger partial charge in [-0.2, -0.15) is 5.26 Å². The van der Waals surface area contributed by atoms with Gasteiger partial charge >= 0.3 is 5.97 Å². The number of halogens is 1. The first kappa shape index (κ1) is 32.2. The summed E-state index contributed by atoms with van der Waals surface area (Å²) < 4.78 is 11.5. The molecule has 0 amide bonds. The molecule has 3 aliphatic rings. The van der Waals surface area contributed by atoms with Crippen molar-refractivity contribution in [2.24, 2.45) is 23.2 Å². The number of rotatable bonds is 15. The number of morpholine rings is 1. The first-order chi connectivity index (χ1) is 19.9. The maximum atomic E-state index is 12.0. The number of unbranched alkanes of at least 4 members (excludes halogenated alkanes) is 1. The smallest absolute Gasteiger partial charge is 0.305 e. The van der Waals surface area contributed by atoms with Crippen molar-refractivity contribution in [2.45, 2.75) is 76.4 Å². The third kappa shape index (κ3) is 9.38. The highest BCUT2D eigenvalue weighted by molar-refractivity contribution is 7.16. The molecule has 1 aromatic heterocycles. The summed E-state index contributed by atoms with van der Waals surface area (Å²) in [5.41, 5.74) is -0.0979. The summed E-state index contributed by atoms with van der Waals surface area (Å²) in [6, 6.07) is 6.38. The van der Waals surface area contributed by atoms with E-state index in [1.54, 1.807) is 11.3 Å². The number of ether oxygens (including phenoxy) is 2. The van der Waals surface area contributed by atoms with E-state index in [2.05, 4.69) is 29.2 Å². The molecule has 2 saturated carbocycles. The fourth-order valence-electron chi connectivity index (χ4n) is 6.47. The second-order valence-electron chi connectivity index (χ2n) is 11.8. The zero-order valence-electron chi connectivity index (χ0n) is 24.0. The topological polar surface area (TPSA) is 103 Å². The number of aliphatic hydroxyl groups excluding tert-OH is 2. The Labute approximate surface area is 253 Å². The molecule has 0 radical (unpaired) electrons. The van der Waals surface area contributed by atoms with Gasteiger partial charge in [-0.3, -0.25) is 9.69 Å². The average Bonchev–Trinajstić information content (AvgIpc) is 3.50. The number of hydrogen-bond acceptors (Lipinski definition) is 8. The van der Waals surface area contributed by atoms with Crippen molar-refractivity contribution >= 4 is 28.9 Å². The highest BCUT2D eigenvalue weighted by Crippen LogP contribution is 2.49. The van der Waals surface area contributed by atoms with Gasteiger partial charge in [0.15, 0.2) is 0 Å². The van der Waals surface area contributed by atoms with Gasteiger partial charge in [0.1, 0.15) is 6.61 Å². The zero-order valence-corrected chi connectivity index (χ0v) is 25.5. The Balaban J connectivity index is 1.18. The van der Waals surface area contributed by atoms with Gasteiger partial charge in [0.2, 0.25) is 0 Å². The van der Waals surface area contributed by atoms with Crippen molar-refractivity contribution in [1.29, 1.82) is 5.26 Å². The molecule has 1 aliphatic heterocycles. The van der Waals surface area contributed by atoms with E-state index in [1.165, 1.54) is 4.88 Å². The van der Waals surface area contributed by atoms with Crippen molar-refractivity contribution < 1.29 is 24.5 Å². The van der Waals surface area contributed by atoms with Crippen LogP contribution in [0.4, 0.5) is 0 Å². The van der Waals surface area contributed by atoms with Crippen LogP contribution < -0.4 is 0 Å². The van der Waals surface area contributed by atoms with Gasteiger partial charge in [0.05, 0.1) is 41.7 Å². The number of thiophene rings is 1. The number of hydrogen-bond donors (Lipinski definition) is 2. The maximum Gasteiger partial charge on any atom is 0.305 e. The quantitative estimate of drug-likeness (QED) is 0.154. The number of nitriles is 1. The van der Waals surface area contributed by atoms with Crippen LogP contribution in [0.3, 0.4) is 0 Å². The number of aliphatic hydroxyl groups is 2. The van der Waals surface area contributed by atoms with E-state index in [9.17, 15) is 20.3 Å². The normalized spacial score (nSPS) is 27.2. The average molecular weight is 605 g/mol. The number of nitrogens with zero attached hydrogens (tertiary/aromatic N) is 2. The van der Waals surface area contributed by atoms with Crippen LogP contribution in [-0.4, -0.2) is 72.7 Å². The van der Waals surface area contributed by atoms with E-state index in [4.69, 9.17) is 21.1 Å². The van der Waals surface area contributed by atoms with Crippen LogP contribution in [0.15, 0.2) is 36.4 Å². The fraction of sp³-hybridized carbons (Fsp3) is 0.688. The molecule has 9 heteroatoms. The summed E-state index contributed by atoms with van der Waals surface area (Å²) >= 11 is 7.71. The number of allylic oxidation sites excluding steroid dienone is 2. The Morgan fingerprint density at radius 2 is 2.10 bits per heavy atom. The minimum absolute atomic E-state index is 0.0377. The Bertz CT molecular complexity index is 1060. The predicted octanol–water partition coefficient (Wildman–Crippen LogP) is 5.55. The standard InChI is InChI=1S/C32H45ClN2O5S/c33-30-12-11-25(41-30)22-32(13-6-14-32)29(37)9-5-8-27-26(24(23-34)21-28(27)36)7-3-1-2-4-10-31(38)40-20-17-35-15-18-39-19-16-35/h1,3,5,8,11-12,24,26-29,36-37H,2,4,6-7,9-10,13-22H2/b3-1-,8-5+/t24?,26-,27?,28+,29?/m0/s1. The second kappa shape index (κ2) is 16.2. The van der Waals surface area contributed by atoms with Gasteiger partial charge in [-0.1, -0.05) is 42.3 Å². The van der Waals surface area contributed by atoms with Gasteiger partial charge in [0.25, 0.3) is 0 Å². The van der Waals surface area contributed by atoms with E-state index in [0.29, 0.717) is 32.3 Å². The van der Waals surface area contributed by atoms with Crippen LogP contribution in [0.25, 0.3) is 0 Å². The molecule has 4 rings (SSSR count). The molecule has 0 aromatic carbocycles. The Morgan fingerprint density at radius 1 is 1.29 bits per heavy atom. The van der Waals surface area contributed by atoms with E-state index in [0.717, 1.165) is 75.7 Å². The molecule has 7 nitrogen and oxygen atoms in total. The van der Waals surface area contributed by atoms with E-state index in [1.807, 2.05) is 18.2 Å². The lowest BCUT2D eigenvalue weighted by Gasteiger charge is -2.45. The minimum atomic E-state index is -0.551. The molecular weight excluding hydrogens is 560 g/mol. The molecule has 2 heterocycles. The Kier molecular flexibility index (Phi) is 12.7. The number of esters is 1. The lowest BCUT2D eigenvalue weighted by molar-refractivity contribution is -0.144. The Hall–Kier alpha value is -1.73. The predicted molar refractivity (Wildman–Crippen MR) is 162 cm³/mol. The van der Waals surface area contributed by atoms with Gasteiger partial charge < -0.3 is 19.7 Å². The molecule has 0 spiro atoms. The van der Waals surface area contributed by atoms with Gasteiger partial charge in [-0.05, 0) is 69.4 Å². The van der Waals surface area contributed by atoms with Gasteiger partial charge in [-0.25, -0.2) is 0 Å². The largest absolute Gasteiger partial charge is 0.464 e. The van der Waals surface area contributed by atoms with Crippen LogP contribution in [0, 0.1) is 34.5 Å². The molecule has 226 valence electrons. The minimum Gasteiger partial charge on any atom is -0.464 e. The summed E-state index contributed by atoms with van der Waals surface area (Å²) in [5.74, 6) is -0.426.